The standard InChI is InChI=1S/C10H9F3N4.C6H5ClS/c1-16-6-4-2-3-5-7(6)17(9(16)15)8(14)10(11,12)13;7-5-1-3-6(8)4-2-5/h2-5,14-15H,1H3;1-4,8H. The third kappa shape index (κ3) is 4.26. The van der Waals surface area contributed by atoms with Crippen LogP contribution in [0.1, 0.15) is 0 Å². The van der Waals surface area contributed by atoms with Gasteiger partial charge in [0.2, 0.25) is 11.5 Å². The van der Waals surface area contributed by atoms with E-state index in [0.29, 0.717) is 10.1 Å². The Balaban J connectivity index is 0.000000236. The normalized spacial score (nSPS) is 11.1. The molecule has 0 radical (unpaired) electrons. The van der Waals surface area contributed by atoms with Crippen molar-refractivity contribution < 1.29 is 13.2 Å². The topological polar surface area (TPSA) is 57.6 Å². The summed E-state index contributed by atoms with van der Waals surface area (Å²) in [5.41, 5.74) is 0.294. The zero-order chi connectivity index (χ0) is 18.8. The lowest BCUT2D eigenvalue weighted by atomic mass is 10.3. The van der Waals surface area contributed by atoms with Gasteiger partial charge in [-0.2, -0.15) is 13.2 Å². The van der Waals surface area contributed by atoms with E-state index >= 15 is 0 Å². The van der Waals surface area contributed by atoms with Gasteiger partial charge >= 0.3 is 6.18 Å². The summed E-state index contributed by atoms with van der Waals surface area (Å²) in [5.74, 6) is -1.56. The number of nitrogens with one attached hydrogen (secondary N) is 2. The molecule has 0 saturated carbocycles. The first kappa shape index (κ1) is 19.1. The Labute approximate surface area is 151 Å². The summed E-state index contributed by atoms with van der Waals surface area (Å²) in [5, 5.41) is 15.5. The van der Waals surface area contributed by atoms with Crippen LogP contribution in [0.3, 0.4) is 0 Å². The minimum Gasteiger partial charge on any atom is -0.313 e. The fraction of sp³-hybridized carbons (Fsp3) is 0.125. The molecule has 9 heteroatoms. The largest absolute Gasteiger partial charge is 0.449 e. The van der Waals surface area contributed by atoms with E-state index in [1.807, 2.05) is 24.3 Å². The average molecular weight is 387 g/mol. The lowest BCUT2D eigenvalue weighted by Crippen LogP contribution is -2.37. The first-order valence-corrected chi connectivity index (χ1v) is 7.77. The van der Waals surface area contributed by atoms with Gasteiger partial charge in [-0.25, -0.2) is 0 Å². The Morgan fingerprint density at radius 3 is 2.04 bits per heavy atom. The monoisotopic (exact) mass is 386 g/mol. The maximum atomic E-state index is 12.5. The van der Waals surface area contributed by atoms with Crippen LogP contribution in [0.5, 0.6) is 0 Å². The molecule has 0 bridgehead atoms. The SMILES string of the molecule is Cn1c(=N)n(C(=N)C(F)(F)F)c2ccccc21.Sc1ccc(Cl)cc1. The Bertz CT molecular complexity index is 937. The van der Waals surface area contributed by atoms with Crippen LogP contribution in [-0.2, 0) is 7.05 Å². The smallest absolute Gasteiger partial charge is 0.313 e. The van der Waals surface area contributed by atoms with E-state index in [2.05, 4.69) is 12.6 Å². The molecule has 25 heavy (non-hydrogen) atoms. The van der Waals surface area contributed by atoms with Crippen LogP contribution in [0.25, 0.3) is 11.0 Å². The summed E-state index contributed by atoms with van der Waals surface area (Å²) in [4.78, 5) is 0.939. The maximum absolute atomic E-state index is 12.5. The van der Waals surface area contributed by atoms with Crippen molar-refractivity contribution in [2.45, 2.75) is 11.1 Å². The Morgan fingerprint density at radius 1 is 1.04 bits per heavy atom. The van der Waals surface area contributed by atoms with Crippen LogP contribution in [0, 0.1) is 10.8 Å². The zero-order valence-corrected chi connectivity index (χ0v) is 14.6. The molecule has 3 aromatic rings. The Morgan fingerprint density at radius 2 is 1.56 bits per heavy atom. The van der Waals surface area contributed by atoms with Gasteiger partial charge in [-0.05, 0) is 36.4 Å². The minimum absolute atomic E-state index is 0.197. The number of thiol groups is 1. The molecule has 132 valence electrons. The van der Waals surface area contributed by atoms with E-state index in [1.54, 1.807) is 18.2 Å². The number of aryl methyl sites for hydroxylation is 1. The van der Waals surface area contributed by atoms with Crippen LogP contribution in [0.15, 0.2) is 53.4 Å². The highest BCUT2D eigenvalue weighted by atomic mass is 35.5. The lowest BCUT2D eigenvalue weighted by Gasteiger charge is -2.09. The maximum Gasteiger partial charge on any atom is 0.449 e. The van der Waals surface area contributed by atoms with Crippen LogP contribution >= 0.6 is 24.2 Å². The molecule has 0 aliphatic rings. The van der Waals surface area contributed by atoms with E-state index in [1.165, 1.54) is 17.7 Å². The number of nitrogens with zero attached hydrogens (tertiary/aromatic N) is 2. The van der Waals surface area contributed by atoms with E-state index in [-0.39, 0.29) is 11.1 Å². The molecular formula is C16H14ClF3N4S. The molecule has 4 nitrogen and oxygen atoms in total. The quantitative estimate of drug-likeness (QED) is 0.290. The lowest BCUT2D eigenvalue weighted by molar-refractivity contribution is -0.0624. The highest BCUT2D eigenvalue weighted by molar-refractivity contribution is 7.80. The summed E-state index contributed by atoms with van der Waals surface area (Å²) >= 11 is 9.65. The van der Waals surface area contributed by atoms with Gasteiger partial charge in [-0.3, -0.25) is 15.4 Å². The molecule has 3 rings (SSSR count). The molecule has 2 N–H and O–H groups in total. The molecular weight excluding hydrogens is 373 g/mol. The summed E-state index contributed by atoms with van der Waals surface area (Å²) in [7, 11) is 1.49. The van der Waals surface area contributed by atoms with Gasteiger partial charge in [0.15, 0.2) is 0 Å². The first-order chi connectivity index (χ1) is 11.6. The highest BCUT2D eigenvalue weighted by Gasteiger charge is 2.37. The number of aromatic nitrogens is 2. The molecule has 0 saturated heterocycles. The molecule has 0 atom stereocenters. The van der Waals surface area contributed by atoms with Gasteiger partial charge in [0.05, 0.1) is 11.0 Å². The van der Waals surface area contributed by atoms with Crippen molar-refractivity contribution in [3.8, 4) is 0 Å². The predicted octanol–water partition coefficient (Wildman–Crippen LogP) is 4.48. The number of hydrogen-bond acceptors (Lipinski definition) is 3. The zero-order valence-electron chi connectivity index (χ0n) is 13.0. The molecule has 1 heterocycles. The van der Waals surface area contributed by atoms with Gasteiger partial charge in [0, 0.05) is 17.0 Å². The second-order valence-corrected chi connectivity index (χ2v) is 5.98. The van der Waals surface area contributed by atoms with Crippen LogP contribution < -0.4 is 5.62 Å². The van der Waals surface area contributed by atoms with Crippen molar-refractivity contribution >= 4 is 41.1 Å². The fourth-order valence-corrected chi connectivity index (χ4v) is 2.38. The van der Waals surface area contributed by atoms with Crippen LogP contribution in [-0.4, -0.2) is 21.1 Å². The molecule has 0 aliphatic heterocycles. The van der Waals surface area contributed by atoms with Crippen molar-refractivity contribution in [1.82, 2.24) is 9.13 Å². The minimum atomic E-state index is -4.77. The van der Waals surface area contributed by atoms with Crippen molar-refractivity contribution in [3.63, 3.8) is 0 Å². The van der Waals surface area contributed by atoms with Crippen molar-refractivity contribution in [2.75, 3.05) is 0 Å². The second-order valence-electron chi connectivity index (χ2n) is 5.03. The van der Waals surface area contributed by atoms with Gasteiger partial charge < -0.3 is 4.57 Å². The summed E-state index contributed by atoms with van der Waals surface area (Å²) in [6.07, 6.45) is -4.77. The molecule has 2 aromatic carbocycles. The first-order valence-electron chi connectivity index (χ1n) is 6.94. The summed E-state index contributed by atoms with van der Waals surface area (Å²) in [6, 6.07) is 13.6. The number of imidazole rings is 1. The molecule has 0 spiro atoms. The molecule has 0 amide bonds. The van der Waals surface area contributed by atoms with E-state index in [0.717, 1.165) is 9.92 Å². The van der Waals surface area contributed by atoms with Crippen molar-refractivity contribution in [2.24, 2.45) is 7.05 Å². The average Bonchev–Trinajstić information content (AvgIpc) is 2.81. The molecule has 0 aliphatic carbocycles. The molecule has 1 aromatic heterocycles. The van der Waals surface area contributed by atoms with Gasteiger partial charge in [-0.15, -0.1) is 12.6 Å². The number of rotatable bonds is 0. The predicted molar refractivity (Wildman–Crippen MR) is 94.6 cm³/mol. The Kier molecular flexibility index (Phi) is 5.64. The van der Waals surface area contributed by atoms with E-state index in [4.69, 9.17) is 22.4 Å². The molecule has 0 fully saturated rings. The molecule has 0 unspecified atom stereocenters. The number of halogens is 4. The van der Waals surface area contributed by atoms with Crippen LogP contribution in [0.4, 0.5) is 13.2 Å². The van der Waals surface area contributed by atoms with Crippen LogP contribution in [0.2, 0.25) is 5.02 Å². The summed E-state index contributed by atoms with van der Waals surface area (Å²) in [6.45, 7) is 0. The highest BCUT2D eigenvalue weighted by Crippen LogP contribution is 2.20. The van der Waals surface area contributed by atoms with Gasteiger partial charge in [-0.1, -0.05) is 23.7 Å². The number of hydrogen-bond donors (Lipinski definition) is 3. The number of para-hydroxylation sites is 2. The fourth-order valence-electron chi connectivity index (χ4n) is 2.11. The summed E-state index contributed by atoms with van der Waals surface area (Å²) < 4.78 is 39.4. The van der Waals surface area contributed by atoms with Crippen molar-refractivity contribution in [3.05, 3.63) is 59.2 Å². The van der Waals surface area contributed by atoms with E-state index in [9.17, 15) is 13.2 Å². The van der Waals surface area contributed by atoms with Crippen molar-refractivity contribution in [1.29, 1.82) is 10.8 Å². The Hall–Kier alpha value is -2.19. The second kappa shape index (κ2) is 7.37. The third-order valence-corrected chi connectivity index (χ3v) is 3.88. The van der Waals surface area contributed by atoms with E-state index < -0.39 is 12.0 Å². The number of alkyl halides is 3. The van der Waals surface area contributed by atoms with Gasteiger partial charge in [0.1, 0.15) is 0 Å². The van der Waals surface area contributed by atoms with Gasteiger partial charge in [0.25, 0.3) is 0 Å². The third-order valence-electron chi connectivity index (χ3n) is 3.33. The number of benzene rings is 2. The number of fused-ring (bicyclic) bond motifs is 1.